The number of phenolic OH excluding ortho intramolecular Hbond substituents is 1. The van der Waals surface area contributed by atoms with Crippen molar-refractivity contribution in [3.8, 4) is 5.75 Å². The predicted molar refractivity (Wildman–Crippen MR) is 56.0 cm³/mol. The van der Waals surface area contributed by atoms with Crippen molar-refractivity contribution in [3.05, 3.63) is 34.6 Å². The van der Waals surface area contributed by atoms with E-state index < -0.39 is 5.82 Å². The van der Waals surface area contributed by atoms with Gasteiger partial charge in [-0.05, 0) is 12.1 Å². The third kappa shape index (κ3) is 2.64. The van der Waals surface area contributed by atoms with E-state index in [1.807, 2.05) is 0 Å². The van der Waals surface area contributed by atoms with E-state index in [1.165, 1.54) is 6.07 Å². The molecule has 0 radical (unpaired) electrons. The highest BCUT2D eigenvalue weighted by atomic mass is 35.5. The Hall–Kier alpha value is -0.670. The fraction of sp³-hybridized carbons (Fsp3) is 0.111. The minimum absolute atomic E-state index is 0.0128. The van der Waals surface area contributed by atoms with E-state index in [4.69, 9.17) is 11.6 Å². The lowest BCUT2D eigenvalue weighted by Crippen LogP contribution is -1.81. The molecule has 0 aliphatic rings. The minimum Gasteiger partial charge on any atom is -0.506 e. The lowest BCUT2D eigenvalue weighted by molar-refractivity contribution is 0.472. The molecule has 0 amide bonds. The minimum atomic E-state index is -0.471. The highest BCUT2D eigenvalue weighted by Gasteiger charge is 2.05. The molecule has 0 aliphatic carbocycles. The third-order valence-electron chi connectivity index (χ3n) is 1.46. The van der Waals surface area contributed by atoms with Gasteiger partial charge < -0.3 is 5.11 Å². The van der Waals surface area contributed by atoms with Crippen molar-refractivity contribution >= 4 is 30.3 Å². The van der Waals surface area contributed by atoms with Gasteiger partial charge in [0.2, 0.25) is 0 Å². The van der Waals surface area contributed by atoms with Gasteiger partial charge in [-0.1, -0.05) is 23.8 Å². The fourth-order valence-electron chi connectivity index (χ4n) is 0.893. The number of hydrogen-bond acceptors (Lipinski definition) is 2. The van der Waals surface area contributed by atoms with Gasteiger partial charge in [-0.15, -0.1) is 0 Å². The standard InChI is InChI=1S/C9H8ClFOS/c10-8-5-7(11)4-6(9(8)12)2-1-3-13/h1-2,4-5,12-13H,3H2. The molecule has 1 N–H and O–H groups in total. The van der Waals surface area contributed by atoms with Gasteiger partial charge in [0.25, 0.3) is 0 Å². The van der Waals surface area contributed by atoms with E-state index in [-0.39, 0.29) is 10.8 Å². The van der Waals surface area contributed by atoms with Crippen LogP contribution in [-0.2, 0) is 0 Å². The Morgan fingerprint density at radius 1 is 1.54 bits per heavy atom. The van der Waals surface area contributed by atoms with E-state index in [9.17, 15) is 9.50 Å². The first-order valence-corrected chi connectivity index (χ1v) is 4.61. The number of benzene rings is 1. The average molecular weight is 219 g/mol. The molecular weight excluding hydrogens is 211 g/mol. The number of thiol groups is 1. The highest BCUT2D eigenvalue weighted by Crippen LogP contribution is 2.29. The molecule has 70 valence electrons. The molecule has 0 atom stereocenters. The van der Waals surface area contributed by atoms with E-state index in [2.05, 4.69) is 12.6 Å². The Balaban J connectivity index is 3.12. The van der Waals surface area contributed by atoms with Crippen LogP contribution in [0, 0.1) is 5.82 Å². The Morgan fingerprint density at radius 3 is 2.85 bits per heavy atom. The van der Waals surface area contributed by atoms with Crippen molar-refractivity contribution < 1.29 is 9.50 Å². The van der Waals surface area contributed by atoms with Crippen LogP contribution in [0.3, 0.4) is 0 Å². The maximum Gasteiger partial charge on any atom is 0.141 e. The first-order chi connectivity index (χ1) is 6.15. The maximum atomic E-state index is 12.8. The van der Waals surface area contributed by atoms with Crippen LogP contribution >= 0.6 is 24.2 Å². The van der Waals surface area contributed by atoms with E-state index in [0.29, 0.717) is 11.3 Å². The molecule has 0 aliphatic heterocycles. The summed E-state index contributed by atoms with van der Waals surface area (Å²) in [6.07, 6.45) is 3.26. The van der Waals surface area contributed by atoms with Crippen molar-refractivity contribution in [1.82, 2.24) is 0 Å². The molecule has 1 aromatic carbocycles. The van der Waals surface area contributed by atoms with Gasteiger partial charge in [0.1, 0.15) is 11.6 Å². The second-order valence-electron chi connectivity index (χ2n) is 2.41. The molecule has 1 nitrogen and oxygen atoms in total. The number of phenols is 1. The zero-order valence-corrected chi connectivity index (χ0v) is 8.32. The van der Waals surface area contributed by atoms with Crippen LogP contribution in [0.25, 0.3) is 6.08 Å². The number of hydrogen-bond donors (Lipinski definition) is 2. The molecule has 0 heterocycles. The SMILES string of the molecule is Oc1c(Cl)cc(F)cc1C=CCS. The first-order valence-electron chi connectivity index (χ1n) is 3.60. The molecule has 0 aromatic heterocycles. The van der Waals surface area contributed by atoms with Crippen LogP contribution in [0.1, 0.15) is 5.56 Å². The smallest absolute Gasteiger partial charge is 0.141 e. The molecule has 0 bridgehead atoms. The predicted octanol–water partition coefficient (Wildman–Crippen LogP) is 3.13. The second-order valence-corrected chi connectivity index (χ2v) is 3.18. The van der Waals surface area contributed by atoms with Crippen LogP contribution in [0.4, 0.5) is 4.39 Å². The molecule has 13 heavy (non-hydrogen) atoms. The van der Waals surface area contributed by atoms with Crippen molar-refractivity contribution in [2.45, 2.75) is 0 Å². The summed E-state index contributed by atoms with van der Waals surface area (Å²) in [5, 5.41) is 9.39. The monoisotopic (exact) mass is 218 g/mol. The number of rotatable bonds is 2. The average Bonchev–Trinajstić information content (AvgIpc) is 2.09. The van der Waals surface area contributed by atoms with Crippen molar-refractivity contribution in [1.29, 1.82) is 0 Å². The van der Waals surface area contributed by atoms with Crippen molar-refractivity contribution in [2.24, 2.45) is 0 Å². The van der Waals surface area contributed by atoms with Gasteiger partial charge in [0.05, 0.1) is 5.02 Å². The Labute approximate surface area is 86.3 Å². The van der Waals surface area contributed by atoms with Crippen LogP contribution in [-0.4, -0.2) is 10.9 Å². The van der Waals surface area contributed by atoms with Crippen molar-refractivity contribution in [2.75, 3.05) is 5.75 Å². The number of halogens is 2. The van der Waals surface area contributed by atoms with Crippen LogP contribution in [0.15, 0.2) is 18.2 Å². The molecular formula is C9H8ClFOS. The summed E-state index contributed by atoms with van der Waals surface area (Å²) >= 11 is 9.50. The summed E-state index contributed by atoms with van der Waals surface area (Å²) in [5.41, 5.74) is 0.360. The molecule has 1 rings (SSSR count). The zero-order valence-electron chi connectivity index (χ0n) is 6.67. The quantitative estimate of drug-likeness (QED) is 0.731. The van der Waals surface area contributed by atoms with E-state index >= 15 is 0 Å². The largest absolute Gasteiger partial charge is 0.506 e. The first kappa shape index (κ1) is 10.4. The fourth-order valence-corrected chi connectivity index (χ4v) is 1.21. The zero-order chi connectivity index (χ0) is 9.84. The lowest BCUT2D eigenvalue weighted by atomic mass is 10.2. The summed E-state index contributed by atoms with van der Waals surface area (Å²) in [4.78, 5) is 0. The molecule has 0 fully saturated rings. The third-order valence-corrected chi connectivity index (χ3v) is 1.96. The lowest BCUT2D eigenvalue weighted by Gasteiger charge is -2.01. The van der Waals surface area contributed by atoms with Crippen LogP contribution in [0.5, 0.6) is 5.75 Å². The summed E-state index contributed by atoms with van der Waals surface area (Å²) in [6, 6.07) is 2.27. The topological polar surface area (TPSA) is 20.2 Å². The van der Waals surface area contributed by atoms with Gasteiger partial charge in [-0.25, -0.2) is 4.39 Å². The Bertz CT molecular complexity index is 339. The van der Waals surface area contributed by atoms with Gasteiger partial charge in [0, 0.05) is 11.3 Å². The molecule has 1 aromatic rings. The molecule has 0 spiro atoms. The Kier molecular flexibility index (Phi) is 3.63. The van der Waals surface area contributed by atoms with Gasteiger partial charge in [-0.2, -0.15) is 12.6 Å². The maximum absolute atomic E-state index is 12.8. The van der Waals surface area contributed by atoms with Crippen LogP contribution in [0.2, 0.25) is 5.02 Å². The molecule has 0 unspecified atom stereocenters. The van der Waals surface area contributed by atoms with Gasteiger partial charge in [-0.3, -0.25) is 0 Å². The normalized spacial score (nSPS) is 11.0. The molecule has 0 saturated carbocycles. The van der Waals surface area contributed by atoms with Crippen LogP contribution < -0.4 is 0 Å². The van der Waals surface area contributed by atoms with Gasteiger partial charge >= 0.3 is 0 Å². The Morgan fingerprint density at radius 2 is 2.23 bits per heavy atom. The van der Waals surface area contributed by atoms with E-state index in [1.54, 1.807) is 12.2 Å². The molecule has 4 heteroatoms. The second kappa shape index (κ2) is 4.53. The molecule has 0 saturated heterocycles. The summed E-state index contributed by atoms with van der Waals surface area (Å²) in [6.45, 7) is 0. The summed E-state index contributed by atoms with van der Waals surface area (Å²) in [7, 11) is 0. The van der Waals surface area contributed by atoms with Gasteiger partial charge in [0.15, 0.2) is 0 Å². The summed E-state index contributed by atoms with van der Waals surface area (Å²) < 4.78 is 12.8. The number of aromatic hydroxyl groups is 1. The summed E-state index contributed by atoms with van der Waals surface area (Å²) in [5.74, 6) is -0.0594. The van der Waals surface area contributed by atoms with E-state index in [0.717, 1.165) is 6.07 Å². The van der Waals surface area contributed by atoms with Crippen molar-refractivity contribution in [3.63, 3.8) is 0 Å². The highest BCUT2D eigenvalue weighted by molar-refractivity contribution is 7.80.